The topological polar surface area (TPSA) is 67.8 Å². The molecular weight excluding hydrogens is 280 g/mol. The Labute approximate surface area is 97.7 Å². The van der Waals surface area contributed by atoms with Gasteiger partial charge in [0.15, 0.2) is 5.13 Å². The summed E-state index contributed by atoms with van der Waals surface area (Å²) in [5.74, 6) is -0.315. The molecule has 0 saturated carbocycles. The predicted molar refractivity (Wildman–Crippen MR) is 59.8 cm³/mol. The predicted octanol–water partition coefficient (Wildman–Crippen LogP) is 1.95. The first-order valence-electron chi connectivity index (χ1n) is 3.94. The molecule has 7 heteroatoms. The standard InChI is InChI=1S/C8H5BrN4OS/c9-6-4-12-8(15-6)13-7(14)5-3-10-1-2-11-5/h1-4H,(H,12,13,14). The summed E-state index contributed by atoms with van der Waals surface area (Å²) in [5.41, 5.74) is 0.267. The molecule has 0 saturated heterocycles. The molecule has 1 N–H and O–H groups in total. The van der Waals surface area contributed by atoms with Gasteiger partial charge in [0, 0.05) is 12.4 Å². The number of amides is 1. The second-order valence-electron chi connectivity index (χ2n) is 2.51. The maximum atomic E-state index is 11.6. The monoisotopic (exact) mass is 284 g/mol. The van der Waals surface area contributed by atoms with Crippen molar-refractivity contribution in [3.05, 3.63) is 34.3 Å². The summed E-state index contributed by atoms with van der Waals surface area (Å²) < 4.78 is 0.858. The largest absolute Gasteiger partial charge is 0.296 e. The summed E-state index contributed by atoms with van der Waals surface area (Å²) in [6.07, 6.45) is 6.00. The number of aromatic nitrogens is 3. The van der Waals surface area contributed by atoms with Gasteiger partial charge in [-0.15, -0.1) is 0 Å². The molecule has 0 aliphatic carbocycles. The van der Waals surface area contributed by atoms with E-state index in [9.17, 15) is 4.79 Å². The van der Waals surface area contributed by atoms with Gasteiger partial charge in [-0.2, -0.15) is 0 Å². The normalized spacial score (nSPS) is 9.93. The lowest BCUT2D eigenvalue weighted by Gasteiger charge is -1.98. The van der Waals surface area contributed by atoms with E-state index in [1.54, 1.807) is 6.20 Å². The molecule has 1 amide bonds. The molecule has 0 atom stereocenters. The molecule has 2 aromatic heterocycles. The minimum Gasteiger partial charge on any atom is -0.296 e. The minimum atomic E-state index is -0.315. The number of anilines is 1. The van der Waals surface area contributed by atoms with E-state index in [0.717, 1.165) is 3.79 Å². The number of nitrogens with one attached hydrogen (secondary N) is 1. The number of rotatable bonds is 2. The summed E-state index contributed by atoms with van der Waals surface area (Å²) in [6.45, 7) is 0. The number of carbonyl (C=O) groups is 1. The molecule has 0 bridgehead atoms. The Morgan fingerprint density at radius 1 is 1.33 bits per heavy atom. The SMILES string of the molecule is O=C(Nc1ncc(Br)s1)c1cnccn1. The zero-order valence-corrected chi connectivity index (χ0v) is 9.75. The van der Waals surface area contributed by atoms with Gasteiger partial charge in [0.1, 0.15) is 5.69 Å². The Morgan fingerprint density at radius 2 is 2.20 bits per heavy atom. The first-order chi connectivity index (χ1) is 7.25. The molecule has 0 radical (unpaired) electrons. The van der Waals surface area contributed by atoms with Crippen LogP contribution >= 0.6 is 27.3 Å². The number of thiazole rings is 1. The van der Waals surface area contributed by atoms with Crippen molar-refractivity contribution in [3.8, 4) is 0 Å². The molecule has 15 heavy (non-hydrogen) atoms. The van der Waals surface area contributed by atoms with Crippen LogP contribution in [-0.2, 0) is 0 Å². The lowest BCUT2D eigenvalue weighted by Crippen LogP contribution is -2.13. The maximum Gasteiger partial charge on any atom is 0.277 e. The van der Waals surface area contributed by atoms with E-state index in [1.807, 2.05) is 0 Å². The van der Waals surface area contributed by atoms with Crippen LogP contribution in [0.2, 0.25) is 0 Å². The fraction of sp³-hybridized carbons (Fsp3) is 0. The summed E-state index contributed by atoms with van der Waals surface area (Å²) in [6, 6.07) is 0. The zero-order valence-electron chi connectivity index (χ0n) is 7.35. The van der Waals surface area contributed by atoms with E-state index in [0.29, 0.717) is 5.13 Å². The van der Waals surface area contributed by atoms with Gasteiger partial charge in [0.2, 0.25) is 0 Å². The Morgan fingerprint density at radius 3 is 2.80 bits per heavy atom. The van der Waals surface area contributed by atoms with Gasteiger partial charge in [-0.05, 0) is 15.9 Å². The number of nitrogens with zero attached hydrogens (tertiary/aromatic N) is 3. The molecule has 0 aromatic carbocycles. The number of carbonyl (C=O) groups excluding carboxylic acids is 1. The van der Waals surface area contributed by atoms with Crippen LogP contribution in [-0.4, -0.2) is 20.9 Å². The summed E-state index contributed by atoms with van der Waals surface area (Å²) >= 11 is 4.59. The van der Waals surface area contributed by atoms with Gasteiger partial charge in [-0.1, -0.05) is 11.3 Å². The Hall–Kier alpha value is -1.34. The molecule has 0 aliphatic heterocycles. The van der Waals surface area contributed by atoms with E-state index in [-0.39, 0.29) is 11.6 Å². The molecule has 0 unspecified atom stereocenters. The number of halogens is 1. The molecule has 0 aliphatic rings. The summed E-state index contributed by atoms with van der Waals surface area (Å²) in [4.78, 5) is 23.2. The van der Waals surface area contributed by atoms with E-state index in [4.69, 9.17) is 0 Å². The molecular formula is C8H5BrN4OS. The highest BCUT2D eigenvalue weighted by Crippen LogP contribution is 2.23. The van der Waals surface area contributed by atoms with Crippen molar-refractivity contribution < 1.29 is 4.79 Å². The summed E-state index contributed by atoms with van der Waals surface area (Å²) in [5, 5.41) is 3.14. The third kappa shape index (κ3) is 2.57. The molecule has 2 heterocycles. The van der Waals surface area contributed by atoms with Crippen molar-refractivity contribution in [1.29, 1.82) is 0 Å². The van der Waals surface area contributed by atoms with Crippen LogP contribution in [0.3, 0.4) is 0 Å². The van der Waals surface area contributed by atoms with Gasteiger partial charge in [0.05, 0.1) is 16.2 Å². The number of hydrogen-bond donors (Lipinski definition) is 1. The van der Waals surface area contributed by atoms with Crippen molar-refractivity contribution >= 4 is 38.3 Å². The van der Waals surface area contributed by atoms with E-state index in [1.165, 1.54) is 29.9 Å². The maximum absolute atomic E-state index is 11.6. The van der Waals surface area contributed by atoms with Gasteiger partial charge in [0.25, 0.3) is 5.91 Å². The van der Waals surface area contributed by atoms with Gasteiger partial charge in [-0.25, -0.2) is 9.97 Å². The van der Waals surface area contributed by atoms with Crippen LogP contribution in [0, 0.1) is 0 Å². The van der Waals surface area contributed by atoms with Crippen LogP contribution in [0.4, 0.5) is 5.13 Å². The van der Waals surface area contributed by atoms with E-state index in [2.05, 4.69) is 36.2 Å². The summed E-state index contributed by atoms with van der Waals surface area (Å²) in [7, 11) is 0. The molecule has 5 nitrogen and oxygen atoms in total. The molecule has 2 aromatic rings. The van der Waals surface area contributed by atoms with Gasteiger partial charge in [-0.3, -0.25) is 15.1 Å². The van der Waals surface area contributed by atoms with Crippen LogP contribution in [0.5, 0.6) is 0 Å². The third-order valence-corrected chi connectivity index (χ3v) is 2.89. The van der Waals surface area contributed by atoms with Crippen LogP contribution in [0.15, 0.2) is 28.6 Å². The highest BCUT2D eigenvalue weighted by molar-refractivity contribution is 9.11. The van der Waals surface area contributed by atoms with Crippen molar-refractivity contribution in [3.63, 3.8) is 0 Å². The lowest BCUT2D eigenvalue weighted by atomic mass is 10.4. The molecule has 2 rings (SSSR count). The number of hydrogen-bond acceptors (Lipinski definition) is 5. The average Bonchev–Trinajstić information content (AvgIpc) is 2.65. The molecule has 0 spiro atoms. The zero-order chi connectivity index (χ0) is 10.7. The quantitative estimate of drug-likeness (QED) is 0.915. The third-order valence-electron chi connectivity index (χ3n) is 1.49. The molecule has 0 fully saturated rings. The van der Waals surface area contributed by atoms with Crippen molar-refractivity contribution in [2.75, 3.05) is 5.32 Å². The fourth-order valence-electron chi connectivity index (χ4n) is 0.890. The van der Waals surface area contributed by atoms with Crippen molar-refractivity contribution in [1.82, 2.24) is 15.0 Å². The Balaban J connectivity index is 2.11. The Bertz CT molecular complexity index is 473. The average molecular weight is 285 g/mol. The Kier molecular flexibility index (Phi) is 3.02. The highest BCUT2D eigenvalue weighted by atomic mass is 79.9. The second kappa shape index (κ2) is 4.45. The first-order valence-corrected chi connectivity index (χ1v) is 5.55. The molecule has 76 valence electrons. The smallest absolute Gasteiger partial charge is 0.277 e. The second-order valence-corrected chi connectivity index (χ2v) is 4.92. The first kappa shape index (κ1) is 10.2. The van der Waals surface area contributed by atoms with Gasteiger partial charge >= 0.3 is 0 Å². The van der Waals surface area contributed by atoms with Crippen molar-refractivity contribution in [2.45, 2.75) is 0 Å². The van der Waals surface area contributed by atoms with Gasteiger partial charge < -0.3 is 0 Å². The van der Waals surface area contributed by atoms with Crippen LogP contribution in [0.25, 0.3) is 0 Å². The fourth-order valence-corrected chi connectivity index (χ4v) is 1.99. The lowest BCUT2D eigenvalue weighted by molar-refractivity contribution is 0.102. The van der Waals surface area contributed by atoms with E-state index < -0.39 is 0 Å². The van der Waals surface area contributed by atoms with E-state index >= 15 is 0 Å². The highest BCUT2D eigenvalue weighted by Gasteiger charge is 2.09. The van der Waals surface area contributed by atoms with Crippen molar-refractivity contribution in [2.24, 2.45) is 0 Å². The minimum absolute atomic E-state index is 0.267. The van der Waals surface area contributed by atoms with Crippen LogP contribution < -0.4 is 5.32 Å². The van der Waals surface area contributed by atoms with Crippen LogP contribution in [0.1, 0.15) is 10.5 Å².